The average Bonchev–Trinajstić information content (AvgIpc) is 3.21. The molecule has 3 amide bonds. The van der Waals surface area contributed by atoms with Crippen LogP contribution in [0.2, 0.25) is 0 Å². The molecule has 0 spiro atoms. The Labute approximate surface area is 177 Å². The van der Waals surface area contributed by atoms with Crippen LogP contribution in [0.5, 0.6) is 0 Å². The first-order chi connectivity index (χ1) is 14.9. The van der Waals surface area contributed by atoms with E-state index in [1.807, 2.05) is 30.3 Å². The summed E-state index contributed by atoms with van der Waals surface area (Å²) in [5, 5.41) is 11.8. The summed E-state index contributed by atoms with van der Waals surface area (Å²) in [6, 6.07) is 15.5. The quantitative estimate of drug-likeness (QED) is 0.634. The Balaban J connectivity index is 1.46. The first-order valence-electron chi connectivity index (χ1n) is 9.59. The fourth-order valence-electron chi connectivity index (χ4n) is 3.30. The summed E-state index contributed by atoms with van der Waals surface area (Å²) in [6.07, 6.45) is 0. The van der Waals surface area contributed by atoms with Gasteiger partial charge in [-0.3, -0.25) is 9.69 Å². The van der Waals surface area contributed by atoms with Gasteiger partial charge in [-0.25, -0.2) is 9.59 Å². The number of anilines is 1. The Hall–Kier alpha value is -4.14. The molecule has 9 heteroatoms. The highest BCUT2D eigenvalue weighted by Gasteiger charge is 2.33. The van der Waals surface area contributed by atoms with Crippen molar-refractivity contribution in [2.45, 2.75) is 19.6 Å². The van der Waals surface area contributed by atoms with Gasteiger partial charge in [0.25, 0.3) is 5.89 Å². The van der Waals surface area contributed by atoms with Crippen molar-refractivity contribution in [3.8, 4) is 0 Å². The number of urea groups is 1. The fourth-order valence-corrected chi connectivity index (χ4v) is 3.30. The predicted molar refractivity (Wildman–Crippen MR) is 111 cm³/mol. The van der Waals surface area contributed by atoms with E-state index in [4.69, 9.17) is 9.52 Å². The Morgan fingerprint density at radius 2 is 1.81 bits per heavy atom. The van der Waals surface area contributed by atoms with Crippen molar-refractivity contribution in [1.82, 2.24) is 15.2 Å². The first kappa shape index (κ1) is 20.1. The lowest BCUT2D eigenvalue weighted by molar-refractivity contribution is 0.0696. The number of hydrogen-bond donors (Lipinski definition) is 2. The number of fused-ring (bicyclic) bond motifs is 1. The maximum Gasteiger partial charge on any atom is 0.335 e. The van der Waals surface area contributed by atoms with Crippen LogP contribution in [0.1, 0.15) is 37.9 Å². The number of carboxylic acids is 1. The molecule has 158 valence electrons. The van der Waals surface area contributed by atoms with Gasteiger partial charge in [-0.05, 0) is 23.3 Å². The van der Waals surface area contributed by atoms with Gasteiger partial charge in [0, 0.05) is 20.1 Å². The van der Waals surface area contributed by atoms with E-state index in [0.29, 0.717) is 18.1 Å². The number of hydrogen-bond acceptors (Lipinski definition) is 5. The molecule has 0 aliphatic carbocycles. The Morgan fingerprint density at radius 3 is 2.48 bits per heavy atom. The maximum absolute atomic E-state index is 12.7. The van der Waals surface area contributed by atoms with E-state index in [2.05, 4.69) is 10.3 Å². The van der Waals surface area contributed by atoms with Gasteiger partial charge in [-0.2, -0.15) is 4.98 Å². The highest BCUT2D eigenvalue weighted by atomic mass is 16.4. The fraction of sp³-hybridized carbons (Fsp3) is 0.182. The van der Waals surface area contributed by atoms with Gasteiger partial charge in [-0.1, -0.05) is 42.5 Å². The maximum atomic E-state index is 12.7. The second kappa shape index (κ2) is 8.31. The molecule has 31 heavy (non-hydrogen) atoms. The zero-order valence-corrected chi connectivity index (χ0v) is 16.7. The number of rotatable bonds is 6. The van der Waals surface area contributed by atoms with E-state index in [0.717, 1.165) is 11.1 Å². The highest BCUT2D eigenvalue weighted by Crippen LogP contribution is 2.29. The summed E-state index contributed by atoms with van der Waals surface area (Å²) >= 11 is 0. The second-order valence-corrected chi connectivity index (χ2v) is 7.13. The molecule has 0 saturated carbocycles. The highest BCUT2D eigenvalue weighted by molar-refractivity contribution is 5.95. The van der Waals surface area contributed by atoms with Crippen LogP contribution >= 0.6 is 0 Å². The zero-order valence-electron chi connectivity index (χ0n) is 16.7. The molecule has 0 saturated heterocycles. The molecule has 3 aromatic rings. The van der Waals surface area contributed by atoms with Crippen molar-refractivity contribution in [2.75, 3.05) is 11.9 Å². The van der Waals surface area contributed by atoms with Crippen LogP contribution in [0.15, 0.2) is 59.0 Å². The van der Waals surface area contributed by atoms with Gasteiger partial charge in [0.05, 0.1) is 12.1 Å². The Kier molecular flexibility index (Phi) is 5.40. The summed E-state index contributed by atoms with van der Waals surface area (Å²) in [5.74, 6) is -0.852. The SMILES string of the molecule is CN1C(=O)N(Cc2ccc(C(=O)O)cc2)Cc2oc(C(=O)NCc3ccccc3)nc21. The number of carboxylic acid groups (broad SMARTS) is 1. The van der Waals surface area contributed by atoms with Crippen molar-refractivity contribution < 1.29 is 23.9 Å². The lowest BCUT2D eigenvalue weighted by Crippen LogP contribution is -2.44. The van der Waals surface area contributed by atoms with Gasteiger partial charge in [0.2, 0.25) is 0 Å². The monoisotopic (exact) mass is 420 g/mol. The Morgan fingerprint density at radius 1 is 1.10 bits per heavy atom. The zero-order chi connectivity index (χ0) is 22.0. The van der Waals surface area contributed by atoms with E-state index >= 15 is 0 Å². The third kappa shape index (κ3) is 4.25. The first-order valence-corrected chi connectivity index (χ1v) is 9.59. The van der Waals surface area contributed by atoms with Gasteiger partial charge >= 0.3 is 17.9 Å². The average molecular weight is 420 g/mol. The molecule has 0 fully saturated rings. The predicted octanol–water partition coefficient (Wildman–Crippen LogP) is 2.87. The molecule has 1 aliphatic heterocycles. The molecule has 4 rings (SSSR count). The van der Waals surface area contributed by atoms with Crippen LogP contribution in [0, 0.1) is 0 Å². The van der Waals surface area contributed by atoms with E-state index < -0.39 is 11.9 Å². The van der Waals surface area contributed by atoms with Crippen LogP contribution < -0.4 is 10.2 Å². The van der Waals surface area contributed by atoms with Crippen LogP contribution in [-0.4, -0.2) is 39.9 Å². The lowest BCUT2D eigenvalue weighted by Gasteiger charge is -2.31. The molecule has 2 heterocycles. The second-order valence-electron chi connectivity index (χ2n) is 7.13. The number of nitrogens with one attached hydrogen (secondary N) is 1. The molecule has 0 radical (unpaired) electrons. The number of amides is 3. The molecular formula is C22H20N4O5. The third-order valence-corrected chi connectivity index (χ3v) is 4.95. The molecule has 2 aromatic carbocycles. The van der Waals surface area contributed by atoms with Crippen molar-refractivity contribution in [1.29, 1.82) is 0 Å². The van der Waals surface area contributed by atoms with Crippen molar-refractivity contribution >= 4 is 23.7 Å². The van der Waals surface area contributed by atoms with Crippen LogP contribution in [0.25, 0.3) is 0 Å². The van der Waals surface area contributed by atoms with E-state index in [1.54, 1.807) is 19.2 Å². The summed E-state index contributed by atoms with van der Waals surface area (Å²) in [5.41, 5.74) is 1.89. The number of aromatic nitrogens is 1. The van der Waals surface area contributed by atoms with Crippen LogP contribution in [-0.2, 0) is 19.6 Å². The van der Waals surface area contributed by atoms with Crippen LogP contribution in [0.3, 0.4) is 0 Å². The number of carbonyl (C=O) groups is 3. The number of nitrogens with zero attached hydrogens (tertiary/aromatic N) is 3. The minimum atomic E-state index is -1.01. The number of carbonyl (C=O) groups excluding carboxylic acids is 2. The lowest BCUT2D eigenvalue weighted by atomic mass is 10.1. The molecule has 9 nitrogen and oxygen atoms in total. The standard InChI is InChI=1S/C22H20N4O5/c1-25-18-17(31-20(24-18)19(27)23-11-14-5-3-2-4-6-14)13-26(22(25)30)12-15-7-9-16(10-8-15)21(28)29/h2-10H,11-13H2,1H3,(H,23,27)(H,28,29). The molecule has 0 unspecified atom stereocenters. The van der Waals surface area contributed by atoms with E-state index in [1.165, 1.54) is 21.9 Å². The third-order valence-electron chi connectivity index (χ3n) is 4.95. The Bertz CT molecular complexity index is 1120. The smallest absolute Gasteiger partial charge is 0.335 e. The van der Waals surface area contributed by atoms with Gasteiger partial charge in [0.15, 0.2) is 11.6 Å². The molecule has 1 aromatic heterocycles. The summed E-state index contributed by atoms with van der Waals surface area (Å²) in [7, 11) is 1.56. The van der Waals surface area contributed by atoms with Crippen molar-refractivity contribution in [3.05, 3.63) is 82.9 Å². The van der Waals surface area contributed by atoms with Gasteiger partial charge in [-0.15, -0.1) is 0 Å². The van der Waals surface area contributed by atoms with E-state index in [-0.39, 0.29) is 30.6 Å². The van der Waals surface area contributed by atoms with Crippen molar-refractivity contribution in [3.63, 3.8) is 0 Å². The number of benzene rings is 2. The molecule has 0 atom stereocenters. The molecule has 0 bridgehead atoms. The van der Waals surface area contributed by atoms with E-state index in [9.17, 15) is 14.4 Å². The summed E-state index contributed by atoms with van der Waals surface area (Å²) < 4.78 is 5.66. The molecular weight excluding hydrogens is 400 g/mol. The topological polar surface area (TPSA) is 116 Å². The summed E-state index contributed by atoms with van der Waals surface area (Å²) in [4.78, 5) is 43.3. The largest absolute Gasteiger partial charge is 0.478 e. The minimum Gasteiger partial charge on any atom is -0.478 e. The van der Waals surface area contributed by atoms with Gasteiger partial charge < -0.3 is 19.7 Å². The normalized spacial score (nSPS) is 13.1. The minimum absolute atomic E-state index is 0.103. The number of aromatic carboxylic acids is 1. The summed E-state index contributed by atoms with van der Waals surface area (Å²) in [6.45, 7) is 0.747. The molecule has 1 aliphatic rings. The van der Waals surface area contributed by atoms with Crippen LogP contribution in [0.4, 0.5) is 10.6 Å². The van der Waals surface area contributed by atoms with Gasteiger partial charge in [0.1, 0.15) is 0 Å². The number of oxazole rings is 1. The molecule has 2 N–H and O–H groups in total. The van der Waals surface area contributed by atoms with Crippen molar-refractivity contribution in [2.24, 2.45) is 0 Å².